The van der Waals surface area contributed by atoms with Gasteiger partial charge in [0.15, 0.2) is 5.43 Å². The summed E-state index contributed by atoms with van der Waals surface area (Å²) in [5, 5.41) is 0.719. The van der Waals surface area contributed by atoms with Crippen molar-refractivity contribution in [3.8, 4) is 0 Å². The average molecular weight is 296 g/mol. The predicted octanol–water partition coefficient (Wildman–Crippen LogP) is 3.00. The Morgan fingerprint density at radius 2 is 2.12 bits per heavy atom. The van der Waals surface area contributed by atoms with Gasteiger partial charge in [-0.15, -0.1) is 0 Å². The number of nitrogens with one attached hydrogen (secondary N) is 1. The topological polar surface area (TPSA) is 42.1 Å². The maximum Gasteiger partial charge on any atom is 0.189 e. The van der Waals surface area contributed by atoms with E-state index in [0.29, 0.717) is 6.61 Å². The number of methoxy groups -OCH3 is 1. The number of fused-ring (bicyclic) bond motifs is 1. The summed E-state index contributed by atoms with van der Waals surface area (Å²) < 4.78 is 5.99. The maximum absolute atomic E-state index is 12.0. The molecule has 0 aliphatic carbocycles. The van der Waals surface area contributed by atoms with E-state index >= 15 is 0 Å². The van der Waals surface area contributed by atoms with E-state index in [9.17, 15) is 4.79 Å². The zero-order valence-electron chi connectivity index (χ0n) is 9.84. The number of ether oxygens (including phenoxy) is 1. The maximum atomic E-state index is 12.0. The molecule has 0 amide bonds. The molecule has 90 valence electrons. The van der Waals surface area contributed by atoms with Crippen LogP contribution in [0.25, 0.3) is 10.9 Å². The number of aromatic amines is 1. The van der Waals surface area contributed by atoms with Crippen molar-refractivity contribution in [3.63, 3.8) is 0 Å². The molecule has 17 heavy (non-hydrogen) atoms. The van der Waals surface area contributed by atoms with Crippen molar-refractivity contribution in [1.29, 1.82) is 0 Å². The van der Waals surface area contributed by atoms with Crippen molar-refractivity contribution in [2.45, 2.75) is 20.0 Å². The Morgan fingerprint density at radius 3 is 2.76 bits per heavy atom. The number of aryl methyl sites for hydroxylation is 1. The van der Waals surface area contributed by atoms with Gasteiger partial charge in [-0.3, -0.25) is 4.79 Å². The monoisotopic (exact) mass is 295 g/mol. The van der Waals surface area contributed by atoms with Crippen LogP contribution in [0, 0.1) is 0 Å². The lowest BCUT2D eigenvalue weighted by Gasteiger charge is -2.08. The fraction of sp³-hybridized carbons (Fsp3) is 0.308. The molecule has 0 saturated carbocycles. The van der Waals surface area contributed by atoms with Crippen LogP contribution in [0.15, 0.2) is 27.5 Å². The number of rotatable bonds is 3. The molecule has 0 radical (unpaired) electrons. The summed E-state index contributed by atoms with van der Waals surface area (Å²) in [7, 11) is 1.62. The summed E-state index contributed by atoms with van der Waals surface area (Å²) in [5.74, 6) is 0. The molecule has 0 fully saturated rings. The van der Waals surface area contributed by atoms with Crippen LogP contribution in [0.3, 0.4) is 0 Å². The van der Waals surface area contributed by atoms with Crippen LogP contribution < -0.4 is 5.43 Å². The third-order valence-electron chi connectivity index (χ3n) is 2.72. The van der Waals surface area contributed by atoms with Crippen LogP contribution >= 0.6 is 15.9 Å². The fourth-order valence-electron chi connectivity index (χ4n) is 1.95. The van der Waals surface area contributed by atoms with E-state index in [1.165, 1.54) is 0 Å². The summed E-state index contributed by atoms with van der Waals surface area (Å²) >= 11 is 3.43. The second-order valence-electron chi connectivity index (χ2n) is 3.93. The zero-order chi connectivity index (χ0) is 12.4. The average Bonchev–Trinajstić information content (AvgIpc) is 2.30. The smallest absolute Gasteiger partial charge is 0.189 e. The molecule has 0 bridgehead atoms. The Morgan fingerprint density at radius 1 is 1.35 bits per heavy atom. The molecule has 0 unspecified atom stereocenters. The largest absolute Gasteiger partial charge is 0.378 e. The Hall–Kier alpha value is -1.13. The Labute approximate surface area is 108 Å². The highest BCUT2D eigenvalue weighted by Crippen LogP contribution is 2.21. The molecule has 1 aromatic heterocycles. The van der Waals surface area contributed by atoms with Gasteiger partial charge >= 0.3 is 0 Å². The van der Waals surface area contributed by atoms with Crippen molar-refractivity contribution in [3.05, 3.63) is 44.2 Å². The second-order valence-corrected chi connectivity index (χ2v) is 4.85. The molecule has 0 aliphatic heterocycles. The van der Waals surface area contributed by atoms with Gasteiger partial charge in [0.1, 0.15) is 0 Å². The Bertz CT molecular complexity index is 604. The Balaban J connectivity index is 2.77. The number of aromatic nitrogens is 1. The Kier molecular flexibility index (Phi) is 3.64. The van der Waals surface area contributed by atoms with Gasteiger partial charge in [0.2, 0.25) is 0 Å². The van der Waals surface area contributed by atoms with Crippen LogP contribution in [0.5, 0.6) is 0 Å². The molecule has 0 atom stereocenters. The molecule has 2 aromatic rings. The summed E-state index contributed by atoms with van der Waals surface area (Å²) in [6.07, 6.45) is 0.877. The minimum absolute atomic E-state index is 0.0294. The molecule has 2 rings (SSSR count). The SMILES string of the molecule is CCc1cc(Br)cc2c(=O)cc(COC)[nH]c12. The van der Waals surface area contributed by atoms with Crippen LogP contribution in [0.1, 0.15) is 18.2 Å². The third-order valence-corrected chi connectivity index (χ3v) is 3.18. The summed E-state index contributed by atoms with van der Waals surface area (Å²) in [6, 6.07) is 5.48. The second kappa shape index (κ2) is 5.02. The minimum atomic E-state index is 0.0294. The molecule has 3 nitrogen and oxygen atoms in total. The number of pyridine rings is 1. The van der Waals surface area contributed by atoms with Crippen LogP contribution in [0.4, 0.5) is 0 Å². The molecule has 1 aromatic carbocycles. The predicted molar refractivity (Wildman–Crippen MR) is 72.4 cm³/mol. The van der Waals surface area contributed by atoms with Crippen LogP contribution in [0.2, 0.25) is 0 Å². The highest BCUT2D eigenvalue weighted by atomic mass is 79.9. The molecule has 4 heteroatoms. The van der Waals surface area contributed by atoms with Crippen molar-refractivity contribution in [2.75, 3.05) is 7.11 Å². The van der Waals surface area contributed by atoms with Crippen molar-refractivity contribution in [1.82, 2.24) is 4.98 Å². The molecule has 1 N–H and O–H groups in total. The van der Waals surface area contributed by atoms with Crippen molar-refractivity contribution < 1.29 is 4.74 Å². The summed E-state index contributed by atoms with van der Waals surface area (Å²) in [5.41, 5.74) is 2.88. The van der Waals surface area contributed by atoms with E-state index in [2.05, 4.69) is 27.8 Å². The molecule has 0 saturated heterocycles. The fourth-order valence-corrected chi connectivity index (χ4v) is 2.46. The lowest BCUT2D eigenvalue weighted by Crippen LogP contribution is -2.07. The quantitative estimate of drug-likeness (QED) is 0.946. The van der Waals surface area contributed by atoms with Crippen LogP contribution in [-0.2, 0) is 17.8 Å². The van der Waals surface area contributed by atoms with Gasteiger partial charge in [0, 0.05) is 28.7 Å². The lowest BCUT2D eigenvalue weighted by atomic mass is 10.1. The lowest BCUT2D eigenvalue weighted by molar-refractivity contribution is 0.181. The first-order valence-electron chi connectivity index (χ1n) is 5.49. The van der Waals surface area contributed by atoms with Gasteiger partial charge in [-0.1, -0.05) is 22.9 Å². The minimum Gasteiger partial charge on any atom is -0.378 e. The molecule has 1 heterocycles. The highest BCUT2D eigenvalue weighted by molar-refractivity contribution is 9.10. The van der Waals surface area contributed by atoms with Gasteiger partial charge in [-0.05, 0) is 24.1 Å². The number of hydrogen-bond acceptors (Lipinski definition) is 2. The van der Waals surface area contributed by atoms with E-state index in [1.54, 1.807) is 13.2 Å². The van der Waals surface area contributed by atoms with Gasteiger partial charge in [-0.2, -0.15) is 0 Å². The molecular formula is C13H14BrNO2. The van der Waals surface area contributed by atoms with Crippen LogP contribution in [-0.4, -0.2) is 12.1 Å². The first-order valence-corrected chi connectivity index (χ1v) is 6.28. The highest BCUT2D eigenvalue weighted by Gasteiger charge is 2.07. The molecule has 0 aliphatic rings. The van der Waals surface area contributed by atoms with Gasteiger partial charge < -0.3 is 9.72 Å². The van der Waals surface area contributed by atoms with E-state index < -0.39 is 0 Å². The van der Waals surface area contributed by atoms with E-state index in [1.807, 2.05) is 12.1 Å². The first kappa shape index (κ1) is 12.3. The number of benzene rings is 1. The van der Waals surface area contributed by atoms with Gasteiger partial charge in [-0.25, -0.2) is 0 Å². The first-order chi connectivity index (χ1) is 8.15. The van der Waals surface area contributed by atoms with Gasteiger partial charge in [0.05, 0.1) is 12.1 Å². The normalized spacial score (nSPS) is 11.0. The summed E-state index contributed by atoms with van der Waals surface area (Å²) in [6.45, 7) is 2.49. The number of hydrogen-bond donors (Lipinski definition) is 1. The van der Waals surface area contributed by atoms with E-state index in [4.69, 9.17) is 4.74 Å². The zero-order valence-corrected chi connectivity index (χ0v) is 11.4. The number of H-pyrrole nitrogens is 1. The van der Waals surface area contributed by atoms with Crippen molar-refractivity contribution >= 4 is 26.8 Å². The molecular weight excluding hydrogens is 282 g/mol. The van der Waals surface area contributed by atoms with Gasteiger partial charge in [0.25, 0.3) is 0 Å². The van der Waals surface area contributed by atoms with E-state index in [0.717, 1.165) is 33.1 Å². The standard InChI is InChI=1S/C13H14BrNO2/c1-3-8-4-9(14)5-11-12(16)6-10(7-17-2)15-13(8)11/h4-6H,3,7H2,1-2H3,(H,15,16). The van der Waals surface area contributed by atoms with Crippen molar-refractivity contribution in [2.24, 2.45) is 0 Å². The number of halogens is 1. The third kappa shape index (κ3) is 2.42. The van der Waals surface area contributed by atoms with E-state index in [-0.39, 0.29) is 5.43 Å². The summed E-state index contributed by atoms with van der Waals surface area (Å²) in [4.78, 5) is 15.3. The molecule has 0 spiro atoms.